The lowest BCUT2D eigenvalue weighted by Gasteiger charge is -2.14. The maximum absolute atomic E-state index is 11.7. The second kappa shape index (κ2) is 10.3. The van der Waals surface area contributed by atoms with Crippen molar-refractivity contribution in [2.24, 2.45) is 4.99 Å². The van der Waals surface area contributed by atoms with E-state index in [9.17, 15) is 9.90 Å². The molecule has 1 atom stereocenters. The van der Waals surface area contributed by atoms with Crippen LogP contribution in [0.15, 0.2) is 47.5 Å². The molecule has 0 saturated heterocycles. The van der Waals surface area contributed by atoms with Gasteiger partial charge in [-0.3, -0.25) is 14.4 Å². The molecule has 0 amide bonds. The molecule has 3 heterocycles. The van der Waals surface area contributed by atoms with Crippen LogP contribution in [0.4, 0.5) is 5.69 Å². The van der Waals surface area contributed by atoms with E-state index in [0.29, 0.717) is 29.7 Å². The van der Waals surface area contributed by atoms with Crippen LogP contribution < -0.4 is 14.8 Å². The predicted molar refractivity (Wildman–Crippen MR) is 147 cm³/mol. The molecule has 2 N–H and O–H groups in total. The number of aliphatic carboxylic acids is 1. The van der Waals surface area contributed by atoms with E-state index >= 15 is 0 Å². The lowest BCUT2D eigenvalue weighted by Crippen LogP contribution is -2.10. The van der Waals surface area contributed by atoms with Gasteiger partial charge in [0.2, 0.25) is 0 Å². The van der Waals surface area contributed by atoms with Crippen molar-refractivity contribution >= 4 is 28.7 Å². The number of methoxy groups -OCH3 is 2. The van der Waals surface area contributed by atoms with E-state index in [0.717, 1.165) is 38.7 Å². The van der Waals surface area contributed by atoms with Gasteiger partial charge in [-0.1, -0.05) is 24.3 Å². The van der Waals surface area contributed by atoms with Crippen molar-refractivity contribution in [3.8, 4) is 16.5 Å². The molecule has 0 saturated carbocycles. The first kappa shape index (κ1) is 25.5. The smallest absolute Gasteiger partial charge is 0.306 e. The summed E-state index contributed by atoms with van der Waals surface area (Å²) in [5.41, 5.74) is 5.69. The maximum Gasteiger partial charge on any atom is 0.306 e. The third-order valence-electron chi connectivity index (χ3n) is 6.73. The summed E-state index contributed by atoms with van der Waals surface area (Å²) in [6.07, 6.45) is -0.170. The number of carbonyl (C=O) groups is 1. The molecule has 2 aromatic carbocycles. The Morgan fingerprint density at radius 2 is 1.84 bits per heavy atom. The summed E-state index contributed by atoms with van der Waals surface area (Å²) in [5.74, 6) is 1.72. The minimum absolute atomic E-state index is 0.170. The Labute approximate surface area is 224 Å². The minimum Gasteiger partial charge on any atom is -0.493 e. The average molecular weight is 532 g/mol. The van der Waals surface area contributed by atoms with Gasteiger partial charge in [0.15, 0.2) is 17.3 Å². The van der Waals surface area contributed by atoms with Crippen LogP contribution in [0.3, 0.4) is 0 Å². The standard InChI is InChI=1S/C28H29N5O4S/c1-15-16(2)38-28-24(15)25(30-21(13-23(34)35)27-32-31-17(3)33(27)28)18-9-11-20(12-10-18)29-14-19-7-6-8-22(36-4)26(19)37-5/h6-12,21,29H,13-14H2,1-5H3,(H,34,35)/t21-/m0/s1. The van der Waals surface area contributed by atoms with Crippen LogP contribution in [0, 0.1) is 20.8 Å². The topological polar surface area (TPSA) is 111 Å². The first-order valence-corrected chi connectivity index (χ1v) is 13.0. The lowest BCUT2D eigenvalue weighted by atomic mass is 9.99. The van der Waals surface area contributed by atoms with Gasteiger partial charge in [-0.25, -0.2) is 0 Å². The molecule has 0 radical (unpaired) electrons. The highest BCUT2D eigenvalue weighted by Gasteiger charge is 2.32. The lowest BCUT2D eigenvalue weighted by molar-refractivity contribution is -0.137. The van der Waals surface area contributed by atoms with Crippen LogP contribution in [0.5, 0.6) is 11.5 Å². The van der Waals surface area contributed by atoms with Gasteiger partial charge in [0.25, 0.3) is 0 Å². The highest BCUT2D eigenvalue weighted by atomic mass is 32.1. The highest BCUT2D eigenvalue weighted by molar-refractivity contribution is 7.15. The summed E-state index contributed by atoms with van der Waals surface area (Å²) in [4.78, 5) is 17.9. The number of nitrogens with one attached hydrogen (secondary N) is 1. The molecule has 0 aliphatic carbocycles. The number of ether oxygens (including phenoxy) is 2. The third-order valence-corrected chi connectivity index (χ3v) is 7.93. The Balaban J connectivity index is 1.50. The fourth-order valence-corrected chi connectivity index (χ4v) is 5.94. The molecule has 196 valence electrons. The van der Waals surface area contributed by atoms with Crippen molar-refractivity contribution < 1.29 is 19.4 Å². The molecule has 9 nitrogen and oxygen atoms in total. The van der Waals surface area contributed by atoms with E-state index in [1.165, 1.54) is 4.88 Å². The van der Waals surface area contributed by atoms with Crippen molar-refractivity contribution in [3.63, 3.8) is 0 Å². The summed E-state index contributed by atoms with van der Waals surface area (Å²) in [7, 11) is 3.26. The van der Waals surface area contributed by atoms with Gasteiger partial charge in [-0.05, 0) is 44.5 Å². The number of hydrogen-bond donors (Lipinski definition) is 2. The molecule has 0 spiro atoms. The normalized spacial score (nSPS) is 14.2. The fraction of sp³-hybridized carbons (Fsp3) is 0.286. The zero-order valence-electron chi connectivity index (χ0n) is 21.9. The van der Waals surface area contributed by atoms with Gasteiger partial charge in [0.1, 0.15) is 16.9 Å². The number of thiophene rings is 1. The molecule has 10 heteroatoms. The van der Waals surface area contributed by atoms with Crippen LogP contribution in [0.25, 0.3) is 5.00 Å². The summed E-state index contributed by atoms with van der Waals surface area (Å²) in [6.45, 7) is 6.60. The Morgan fingerprint density at radius 3 is 2.53 bits per heavy atom. The van der Waals surface area contributed by atoms with Crippen LogP contribution >= 0.6 is 11.3 Å². The Bertz CT molecular complexity index is 1540. The average Bonchev–Trinajstić information content (AvgIpc) is 3.39. The maximum atomic E-state index is 11.7. The summed E-state index contributed by atoms with van der Waals surface area (Å²) < 4.78 is 12.9. The van der Waals surface area contributed by atoms with E-state index in [4.69, 9.17) is 14.5 Å². The van der Waals surface area contributed by atoms with Gasteiger partial charge in [0.05, 0.1) is 26.4 Å². The number of aryl methyl sites for hydroxylation is 2. The largest absolute Gasteiger partial charge is 0.493 e. The predicted octanol–water partition coefficient (Wildman–Crippen LogP) is 5.25. The number of carboxylic acid groups (broad SMARTS) is 1. The number of carboxylic acids is 1. The molecule has 2 aromatic heterocycles. The van der Waals surface area contributed by atoms with Crippen LogP contribution in [0.2, 0.25) is 0 Å². The molecule has 1 aliphatic heterocycles. The van der Waals surface area contributed by atoms with Gasteiger partial charge < -0.3 is 19.9 Å². The van der Waals surface area contributed by atoms with E-state index < -0.39 is 12.0 Å². The summed E-state index contributed by atoms with van der Waals surface area (Å²) >= 11 is 1.65. The first-order valence-electron chi connectivity index (χ1n) is 12.2. The number of rotatable bonds is 8. The van der Waals surface area contributed by atoms with Crippen LogP contribution in [-0.2, 0) is 11.3 Å². The Kier molecular flexibility index (Phi) is 6.90. The molecular weight excluding hydrogens is 502 g/mol. The highest BCUT2D eigenvalue weighted by Crippen LogP contribution is 2.39. The molecule has 0 fully saturated rings. The van der Waals surface area contributed by atoms with Gasteiger partial charge in [0, 0.05) is 33.8 Å². The summed E-state index contributed by atoms with van der Waals surface area (Å²) in [5, 5.41) is 22.6. The number of fused-ring (bicyclic) bond motifs is 3. The van der Waals surface area contributed by atoms with Gasteiger partial charge >= 0.3 is 5.97 Å². The zero-order chi connectivity index (χ0) is 27.0. The van der Waals surface area contributed by atoms with Crippen molar-refractivity contribution in [3.05, 3.63) is 81.2 Å². The van der Waals surface area contributed by atoms with E-state index in [2.05, 4.69) is 29.4 Å². The number of para-hydroxylation sites is 1. The molecule has 1 aliphatic rings. The second-order valence-electron chi connectivity index (χ2n) is 9.08. The van der Waals surface area contributed by atoms with Gasteiger partial charge in [-0.15, -0.1) is 21.5 Å². The second-order valence-corrected chi connectivity index (χ2v) is 10.3. The third kappa shape index (κ3) is 4.51. The fourth-order valence-electron chi connectivity index (χ4n) is 4.73. The van der Waals surface area contributed by atoms with Crippen molar-refractivity contribution in [1.82, 2.24) is 14.8 Å². The molecule has 5 rings (SSSR count). The number of hydrogen-bond acceptors (Lipinski definition) is 8. The van der Waals surface area contributed by atoms with Crippen LogP contribution in [0.1, 0.15) is 51.2 Å². The molecule has 0 bridgehead atoms. The van der Waals surface area contributed by atoms with Crippen molar-refractivity contribution in [1.29, 1.82) is 0 Å². The molecule has 38 heavy (non-hydrogen) atoms. The first-order chi connectivity index (χ1) is 18.3. The van der Waals surface area contributed by atoms with Crippen molar-refractivity contribution in [2.75, 3.05) is 19.5 Å². The monoisotopic (exact) mass is 531 g/mol. The quantitative estimate of drug-likeness (QED) is 0.319. The Morgan fingerprint density at radius 1 is 1.08 bits per heavy atom. The van der Waals surface area contributed by atoms with Gasteiger partial charge in [-0.2, -0.15) is 0 Å². The number of nitrogens with zero attached hydrogens (tertiary/aromatic N) is 4. The number of anilines is 1. The SMILES string of the molecule is COc1cccc(CNc2ccc(C3=N[C@@H](CC(=O)O)c4nnc(C)n4-c4sc(C)c(C)c43)cc2)c1OC. The van der Waals surface area contributed by atoms with Crippen molar-refractivity contribution in [2.45, 2.75) is 39.8 Å². The molecular formula is C28H29N5O4S. The number of benzene rings is 2. The number of aliphatic imine (C=N–C) groups is 1. The number of aromatic nitrogens is 3. The minimum atomic E-state index is -0.934. The molecule has 0 unspecified atom stereocenters. The van der Waals surface area contributed by atoms with E-state index in [1.807, 2.05) is 54.0 Å². The van der Waals surface area contributed by atoms with Crippen LogP contribution in [-0.4, -0.2) is 45.8 Å². The Hall–Kier alpha value is -4.18. The summed E-state index contributed by atoms with van der Waals surface area (Å²) in [6, 6.07) is 13.2. The van der Waals surface area contributed by atoms with E-state index in [1.54, 1.807) is 25.6 Å². The van der Waals surface area contributed by atoms with E-state index in [-0.39, 0.29) is 6.42 Å². The molecule has 4 aromatic rings. The zero-order valence-corrected chi connectivity index (χ0v) is 22.7.